The Bertz CT molecular complexity index is 976. The molecule has 3 aromatic rings. The van der Waals surface area contributed by atoms with Gasteiger partial charge in [0.1, 0.15) is 11.5 Å². The van der Waals surface area contributed by atoms with Gasteiger partial charge in [-0.25, -0.2) is 4.98 Å². The van der Waals surface area contributed by atoms with E-state index in [-0.39, 0.29) is 16.5 Å². The summed E-state index contributed by atoms with van der Waals surface area (Å²) >= 11 is 1.31. The lowest BCUT2D eigenvalue weighted by Gasteiger charge is -2.08. The number of carbonyl (C=O) groups is 1. The van der Waals surface area contributed by atoms with Crippen molar-refractivity contribution in [1.82, 2.24) is 15.0 Å². The largest absolute Gasteiger partial charge is 0.378 e. The molecule has 8 heteroatoms. The molecule has 3 rings (SSSR count). The summed E-state index contributed by atoms with van der Waals surface area (Å²) in [5.74, 6) is -0.177. The molecule has 124 valence electrons. The number of hydrogen-bond acceptors (Lipinski definition) is 5. The molecule has 0 saturated heterocycles. The minimum Gasteiger partial charge on any atom is -0.378 e. The number of nitrogens with one attached hydrogen (secondary N) is 3. The first-order valence-electron chi connectivity index (χ1n) is 7.29. The lowest BCUT2D eigenvalue weighted by Crippen LogP contribution is -2.18. The van der Waals surface area contributed by atoms with Gasteiger partial charge in [0.2, 0.25) is 0 Å². The Labute approximate surface area is 142 Å². The molecular formula is C16H17N5O2S. The van der Waals surface area contributed by atoms with Gasteiger partial charge < -0.3 is 21.0 Å². The van der Waals surface area contributed by atoms with Crippen LogP contribution >= 0.6 is 11.8 Å². The van der Waals surface area contributed by atoms with Crippen molar-refractivity contribution in [2.75, 3.05) is 11.6 Å². The molecule has 0 fully saturated rings. The Morgan fingerprint density at radius 1 is 1.33 bits per heavy atom. The molecule has 0 saturated carbocycles. The number of primary amides is 1. The van der Waals surface area contributed by atoms with Crippen molar-refractivity contribution in [2.24, 2.45) is 5.73 Å². The van der Waals surface area contributed by atoms with Crippen LogP contribution in [0.3, 0.4) is 0 Å². The average Bonchev–Trinajstić information content (AvgIpc) is 2.93. The second-order valence-corrected chi connectivity index (χ2v) is 6.12. The highest BCUT2D eigenvalue weighted by atomic mass is 32.2. The van der Waals surface area contributed by atoms with E-state index in [2.05, 4.69) is 20.3 Å². The maximum absolute atomic E-state index is 12.4. The Balaban J connectivity index is 1.98. The van der Waals surface area contributed by atoms with Crippen LogP contribution in [0, 0.1) is 6.92 Å². The third-order valence-corrected chi connectivity index (χ3v) is 4.43. The molecule has 24 heavy (non-hydrogen) atoms. The number of amides is 1. The first-order chi connectivity index (χ1) is 11.5. The van der Waals surface area contributed by atoms with Gasteiger partial charge in [0.25, 0.3) is 11.5 Å². The van der Waals surface area contributed by atoms with Gasteiger partial charge >= 0.3 is 0 Å². The third-order valence-electron chi connectivity index (χ3n) is 3.72. The van der Waals surface area contributed by atoms with Gasteiger partial charge in [0, 0.05) is 5.69 Å². The molecule has 0 aliphatic rings. The van der Waals surface area contributed by atoms with Gasteiger partial charge in [-0.1, -0.05) is 18.2 Å². The molecule has 0 bridgehead atoms. The highest BCUT2D eigenvalue weighted by Gasteiger charge is 2.20. The number of thioether (sulfide) groups is 1. The standard InChI is InChI=1S/C16H17N5O2S/c1-8-5-3-4-6-9(8)18-7-10-19-14-12(15(23)20-10)11(13(17)22)16(21-14)24-2/h3-6,18H,7H2,1-2H3,(H2,17,22)(H2,19,20,21,23). The van der Waals surface area contributed by atoms with Gasteiger partial charge in [0.05, 0.1) is 22.5 Å². The van der Waals surface area contributed by atoms with Crippen LogP contribution in [0.1, 0.15) is 21.7 Å². The predicted octanol–water partition coefficient (Wildman–Crippen LogP) is 1.99. The average molecular weight is 343 g/mol. The van der Waals surface area contributed by atoms with E-state index >= 15 is 0 Å². The second-order valence-electron chi connectivity index (χ2n) is 5.30. The van der Waals surface area contributed by atoms with Crippen molar-refractivity contribution in [3.05, 3.63) is 51.6 Å². The van der Waals surface area contributed by atoms with Crippen molar-refractivity contribution in [3.63, 3.8) is 0 Å². The van der Waals surface area contributed by atoms with E-state index in [9.17, 15) is 9.59 Å². The van der Waals surface area contributed by atoms with Gasteiger partial charge in [-0.15, -0.1) is 11.8 Å². The van der Waals surface area contributed by atoms with Gasteiger partial charge in [-0.3, -0.25) is 9.59 Å². The second kappa shape index (κ2) is 6.40. The topological polar surface area (TPSA) is 117 Å². The smallest absolute Gasteiger partial charge is 0.261 e. The minimum atomic E-state index is -0.649. The number of H-pyrrole nitrogens is 2. The molecule has 0 unspecified atom stereocenters. The fourth-order valence-electron chi connectivity index (χ4n) is 2.55. The summed E-state index contributed by atoms with van der Waals surface area (Å²) < 4.78 is 0. The number of fused-ring (bicyclic) bond motifs is 1. The molecule has 5 N–H and O–H groups in total. The van der Waals surface area contributed by atoms with E-state index in [1.54, 1.807) is 6.26 Å². The van der Waals surface area contributed by atoms with Crippen molar-refractivity contribution in [2.45, 2.75) is 18.5 Å². The third kappa shape index (κ3) is 2.88. The van der Waals surface area contributed by atoms with Gasteiger partial charge in [-0.2, -0.15) is 0 Å². The molecule has 2 aromatic heterocycles. The highest BCUT2D eigenvalue weighted by Crippen LogP contribution is 2.24. The van der Waals surface area contributed by atoms with E-state index < -0.39 is 5.91 Å². The molecule has 0 aliphatic carbocycles. The number of aromatic amines is 2. The summed E-state index contributed by atoms with van der Waals surface area (Å²) in [6.07, 6.45) is 1.80. The Hall–Kier alpha value is -2.74. The molecule has 0 aliphatic heterocycles. The summed E-state index contributed by atoms with van der Waals surface area (Å²) in [7, 11) is 0. The van der Waals surface area contributed by atoms with E-state index in [4.69, 9.17) is 5.73 Å². The summed E-state index contributed by atoms with van der Waals surface area (Å²) in [4.78, 5) is 34.1. The zero-order valence-electron chi connectivity index (χ0n) is 13.3. The lowest BCUT2D eigenvalue weighted by molar-refractivity contribution is 0.0999. The van der Waals surface area contributed by atoms with Crippen LogP contribution in [0.5, 0.6) is 0 Å². The Morgan fingerprint density at radius 2 is 2.08 bits per heavy atom. The molecule has 1 aromatic carbocycles. The van der Waals surface area contributed by atoms with E-state index in [0.717, 1.165) is 11.3 Å². The van der Waals surface area contributed by atoms with Crippen molar-refractivity contribution in [3.8, 4) is 0 Å². The van der Waals surface area contributed by atoms with Crippen LogP contribution in [-0.2, 0) is 6.54 Å². The fourth-order valence-corrected chi connectivity index (χ4v) is 3.15. The summed E-state index contributed by atoms with van der Waals surface area (Å²) in [5, 5.41) is 3.98. The van der Waals surface area contributed by atoms with E-state index in [0.29, 0.717) is 23.0 Å². The number of anilines is 1. The van der Waals surface area contributed by atoms with Gasteiger partial charge in [0.15, 0.2) is 0 Å². The fraction of sp³-hybridized carbons (Fsp3) is 0.188. The maximum atomic E-state index is 12.4. The number of aryl methyl sites for hydroxylation is 1. The molecular weight excluding hydrogens is 326 g/mol. The van der Waals surface area contributed by atoms with Crippen molar-refractivity contribution >= 4 is 34.4 Å². The Morgan fingerprint density at radius 3 is 2.75 bits per heavy atom. The number of hydrogen-bond donors (Lipinski definition) is 4. The highest BCUT2D eigenvalue weighted by molar-refractivity contribution is 7.98. The van der Waals surface area contributed by atoms with Crippen LogP contribution in [-0.4, -0.2) is 27.1 Å². The number of para-hydroxylation sites is 1. The van der Waals surface area contributed by atoms with Crippen LogP contribution in [0.15, 0.2) is 34.1 Å². The van der Waals surface area contributed by atoms with Crippen molar-refractivity contribution in [1.29, 1.82) is 0 Å². The predicted molar refractivity (Wildman–Crippen MR) is 95.5 cm³/mol. The number of nitrogens with zero attached hydrogens (tertiary/aromatic N) is 1. The normalized spacial score (nSPS) is 10.9. The summed E-state index contributed by atoms with van der Waals surface area (Å²) in [6, 6.07) is 7.85. The molecule has 7 nitrogen and oxygen atoms in total. The molecule has 0 atom stereocenters. The number of carbonyl (C=O) groups excluding carboxylic acids is 1. The zero-order chi connectivity index (χ0) is 17.3. The van der Waals surface area contributed by atoms with E-state index in [1.165, 1.54) is 11.8 Å². The maximum Gasteiger partial charge on any atom is 0.261 e. The number of aromatic nitrogens is 3. The Kier molecular flexibility index (Phi) is 4.30. The molecule has 0 spiro atoms. The van der Waals surface area contributed by atoms with Crippen LogP contribution in [0.2, 0.25) is 0 Å². The molecule has 2 heterocycles. The zero-order valence-corrected chi connectivity index (χ0v) is 14.1. The number of rotatable bonds is 5. The number of nitrogens with two attached hydrogens (primary N) is 1. The van der Waals surface area contributed by atoms with Crippen LogP contribution < -0.4 is 16.6 Å². The first kappa shape index (κ1) is 16.1. The summed E-state index contributed by atoms with van der Waals surface area (Å²) in [5.41, 5.74) is 7.62. The SMILES string of the molecule is CSc1[nH]c2nc(CNc3ccccc3C)[nH]c(=O)c2c1C(N)=O. The molecule has 1 amide bonds. The van der Waals surface area contributed by atoms with Crippen LogP contribution in [0.4, 0.5) is 5.69 Å². The van der Waals surface area contributed by atoms with Crippen LogP contribution in [0.25, 0.3) is 11.0 Å². The minimum absolute atomic E-state index is 0.185. The first-order valence-corrected chi connectivity index (χ1v) is 8.52. The molecule has 0 radical (unpaired) electrons. The monoisotopic (exact) mass is 343 g/mol. The van der Waals surface area contributed by atoms with Gasteiger partial charge in [-0.05, 0) is 24.8 Å². The summed E-state index contributed by atoms with van der Waals surface area (Å²) in [6.45, 7) is 2.35. The number of benzene rings is 1. The van der Waals surface area contributed by atoms with E-state index in [1.807, 2.05) is 31.2 Å². The van der Waals surface area contributed by atoms with Crippen molar-refractivity contribution < 1.29 is 4.79 Å². The quantitative estimate of drug-likeness (QED) is 0.529. The lowest BCUT2D eigenvalue weighted by atomic mass is 10.2.